The molecule has 11 nitrogen and oxygen atoms in total. The number of hydrogen-bond donors (Lipinski definition) is 4. The van der Waals surface area contributed by atoms with Crippen LogP contribution in [0.25, 0.3) is 11.0 Å². The molecule has 2 aromatic carbocycles. The maximum atomic E-state index is 14.2. The third kappa shape index (κ3) is 7.22. The zero-order valence-electron chi connectivity index (χ0n) is 26.2. The SMILES string of the molecule is CC[C@H]1CN(C(=O)Nc2ccc(CN3CCN(CCO)CC3)c(C(F)F)c2)Cc2cc(Oc3ccnc4[nH]c(C(N)=O)cc34)ccc21. The zero-order chi connectivity index (χ0) is 33.1. The number of alkyl halides is 2. The minimum Gasteiger partial charge on any atom is -0.457 e. The van der Waals surface area contributed by atoms with Crippen LogP contribution in [-0.4, -0.2) is 87.6 Å². The number of carbonyl (C=O) groups is 2. The summed E-state index contributed by atoms with van der Waals surface area (Å²) in [5.74, 6) is 0.545. The fourth-order valence-corrected chi connectivity index (χ4v) is 6.45. The predicted molar refractivity (Wildman–Crippen MR) is 174 cm³/mol. The molecule has 0 aliphatic carbocycles. The number of nitrogens with zero attached hydrogens (tertiary/aromatic N) is 4. The Morgan fingerprint density at radius 3 is 2.62 bits per heavy atom. The number of aromatic amines is 1. The van der Waals surface area contributed by atoms with Crippen LogP contribution in [0.5, 0.6) is 11.5 Å². The van der Waals surface area contributed by atoms with Crippen LogP contribution in [0.1, 0.15) is 58.4 Å². The van der Waals surface area contributed by atoms with E-state index in [1.165, 1.54) is 6.07 Å². The van der Waals surface area contributed by atoms with E-state index in [4.69, 9.17) is 10.5 Å². The highest BCUT2D eigenvalue weighted by atomic mass is 19.3. The summed E-state index contributed by atoms with van der Waals surface area (Å²) in [6.45, 7) is 7.02. The van der Waals surface area contributed by atoms with E-state index in [2.05, 4.69) is 32.0 Å². The third-order valence-electron chi connectivity index (χ3n) is 9.03. The van der Waals surface area contributed by atoms with E-state index in [-0.39, 0.29) is 29.8 Å². The van der Waals surface area contributed by atoms with E-state index >= 15 is 0 Å². The Labute approximate surface area is 271 Å². The molecule has 248 valence electrons. The summed E-state index contributed by atoms with van der Waals surface area (Å²) in [4.78, 5) is 38.3. The summed E-state index contributed by atoms with van der Waals surface area (Å²) in [5, 5.41) is 12.6. The van der Waals surface area contributed by atoms with Gasteiger partial charge in [0.05, 0.1) is 12.0 Å². The second-order valence-electron chi connectivity index (χ2n) is 12.1. The first kappa shape index (κ1) is 32.4. The number of nitrogens with one attached hydrogen (secondary N) is 2. The number of H-pyrrole nitrogens is 1. The van der Waals surface area contributed by atoms with Gasteiger partial charge >= 0.3 is 6.03 Å². The molecule has 0 spiro atoms. The van der Waals surface area contributed by atoms with Crippen molar-refractivity contribution < 1.29 is 28.2 Å². The van der Waals surface area contributed by atoms with E-state index in [1.54, 1.807) is 35.4 Å². The van der Waals surface area contributed by atoms with Gasteiger partial charge in [-0.1, -0.05) is 19.1 Å². The lowest BCUT2D eigenvalue weighted by molar-refractivity contribution is 0.0996. The second-order valence-corrected chi connectivity index (χ2v) is 12.1. The molecule has 0 unspecified atom stereocenters. The number of nitrogens with two attached hydrogens (primary N) is 1. The van der Waals surface area contributed by atoms with Gasteiger partial charge in [-0.15, -0.1) is 0 Å². The largest absolute Gasteiger partial charge is 0.457 e. The number of benzene rings is 2. The highest BCUT2D eigenvalue weighted by Gasteiger charge is 2.28. The molecule has 3 amide bonds. The molecule has 0 radical (unpaired) electrons. The molecular formula is C34H39F2N7O4. The molecular weight excluding hydrogens is 608 g/mol. The van der Waals surface area contributed by atoms with Gasteiger partial charge in [0, 0.05) is 75.7 Å². The van der Waals surface area contributed by atoms with Crippen molar-refractivity contribution in [2.45, 2.75) is 38.8 Å². The number of aliphatic hydroxyl groups excluding tert-OH is 1. The van der Waals surface area contributed by atoms with Crippen LogP contribution in [0.3, 0.4) is 0 Å². The first-order chi connectivity index (χ1) is 22.7. The van der Waals surface area contributed by atoms with Crippen LogP contribution in [0.15, 0.2) is 54.7 Å². The maximum Gasteiger partial charge on any atom is 0.322 e. The van der Waals surface area contributed by atoms with Gasteiger partial charge in [-0.25, -0.2) is 18.6 Å². The van der Waals surface area contributed by atoms with Crippen LogP contribution < -0.4 is 15.8 Å². The number of piperazine rings is 1. The van der Waals surface area contributed by atoms with Gasteiger partial charge in [-0.3, -0.25) is 14.6 Å². The minimum absolute atomic E-state index is 0.0887. The normalized spacial score (nSPS) is 17.2. The second kappa shape index (κ2) is 14.0. The molecule has 47 heavy (non-hydrogen) atoms. The number of fused-ring (bicyclic) bond motifs is 2. The Balaban J connectivity index is 1.15. The van der Waals surface area contributed by atoms with Gasteiger partial charge in [-0.2, -0.15) is 0 Å². The predicted octanol–water partition coefficient (Wildman–Crippen LogP) is 5.04. The average molecular weight is 648 g/mol. The molecule has 2 aliphatic rings. The summed E-state index contributed by atoms with van der Waals surface area (Å²) >= 11 is 0. The summed E-state index contributed by atoms with van der Waals surface area (Å²) in [5.41, 5.74) is 8.95. The summed E-state index contributed by atoms with van der Waals surface area (Å²) in [6.07, 6.45) is -0.305. The van der Waals surface area contributed by atoms with E-state index in [1.807, 2.05) is 18.2 Å². The van der Waals surface area contributed by atoms with Crippen LogP contribution in [0.4, 0.5) is 19.3 Å². The van der Waals surface area contributed by atoms with Crippen LogP contribution in [0.2, 0.25) is 0 Å². The summed E-state index contributed by atoms with van der Waals surface area (Å²) in [7, 11) is 0. The number of pyridine rings is 1. The Hall–Kier alpha value is -4.59. The number of ether oxygens (including phenoxy) is 1. The number of urea groups is 1. The monoisotopic (exact) mass is 647 g/mol. The number of anilines is 1. The fraction of sp³-hybridized carbons (Fsp3) is 0.382. The van der Waals surface area contributed by atoms with Gasteiger partial charge in [0.15, 0.2) is 0 Å². The molecule has 13 heteroatoms. The maximum absolute atomic E-state index is 14.2. The highest BCUT2D eigenvalue weighted by molar-refractivity contribution is 5.97. The van der Waals surface area contributed by atoms with Gasteiger partial charge in [-0.05, 0) is 59.5 Å². The number of β-amino-alcohol motifs (C(OH)–C–C–N with tert-alkyl or cyclic N) is 1. The lowest BCUT2D eigenvalue weighted by Gasteiger charge is -2.35. The third-order valence-corrected chi connectivity index (χ3v) is 9.03. The lowest BCUT2D eigenvalue weighted by Crippen LogP contribution is -2.46. The average Bonchev–Trinajstić information content (AvgIpc) is 3.52. The number of aromatic nitrogens is 2. The van der Waals surface area contributed by atoms with Gasteiger partial charge in [0.25, 0.3) is 12.3 Å². The van der Waals surface area contributed by atoms with Crippen molar-refractivity contribution in [2.24, 2.45) is 5.73 Å². The molecule has 0 bridgehead atoms. The van der Waals surface area contributed by atoms with Crippen LogP contribution in [-0.2, 0) is 13.1 Å². The molecule has 1 atom stereocenters. The summed E-state index contributed by atoms with van der Waals surface area (Å²) < 4.78 is 34.6. The number of carbonyl (C=O) groups excluding carboxylic acids is 2. The summed E-state index contributed by atoms with van der Waals surface area (Å²) in [6, 6.07) is 13.5. The molecule has 1 fully saturated rings. The molecule has 1 saturated heterocycles. The fourth-order valence-electron chi connectivity index (χ4n) is 6.45. The van der Waals surface area contributed by atoms with E-state index in [9.17, 15) is 23.5 Å². The minimum atomic E-state index is -2.68. The van der Waals surface area contributed by atoms with Crippen molar-refractivity contribution in [1.29, 1.82) is 0 Å². The van der Waals surface area contributed by atoms with Crippen molar-refractivity contribution in [3.8, 4) is 11.5 Å². The highest BCUT2D eigenvalue weighted by Crippen LogP contribution is 2.36. The van der Waals surface area contributed by atoms with Crippen molar-refractivity contribution in [3.05, 3.63) is 82.7 Å². The van der Waals surface area contributed by atoms with E-state index in [0.717, 1.165) is 43.7 Å². The number of primary amides is 1. The van der Waals surface area contributed by atoms with Gasteiger partial charge in [0.1, 0.15) is 22.8 Å². The Morgan fingerprint density at radius 2 is 1.89 bits per heavy atom. The lowest BCUT2D eigenvalue weighted by atomic mass is 9.88. The molecule has 5 N–H and O–H groups in total. The van der Waals surface area contributed by atoms with Crippen LogP contribution in [0, 0.1) is 0 Å². The first-order valence-corrected chi connectivity index (χ1v) is 15.8. The molecule has 2 aliphatic heterocycles. The van der Waals surface area contributed by atoms with Gasteiger partial charge < -0.3 is 30.8 Å². The topological polar surface area (TPSA) is 140 Å². The van der Waals surface area contributed by atoms with Crippen molar-refractivity contribution in [1.82, 2.24) is 24.7 Å². The smallest absolute Gasteiger partial charge is 0.322 e. The Bertz CT molecular complexity index is 1760. The zero-order valence-corrected chi connectivity index (χ0v) is 26.2. The van der Waals surface area contributed by atoms with E-state index < -0.39 is 12.3 Å². The van der Waals surface area contributed by atoms with E-state index in [0.29, 0.717) is 60.0 Å². The standard InChI is InChI=1S/C34H39F2N7O4/c1-2-21-19-43(20-23-15-25(5-6-26(21)23)47-30-7-8-38-33-28(30)17-29(40-33)32(37)45)34(46)39-24-4-3-22(27(16-24)31(35)36)18-42-11-9-41(10-12-42)13-14-44/h3-8,15-17,21,31,44H,2,9-14,18-20H2,1H3,(H2,37,45)(H,38,40)(H,39,46)/t21-/m0/s1. The molecule has 4 heterocycles. The molecule has 0 saturated carbocycles. The van der Waals surface area contributed by atoms with Crippen molar-refractivity contribution in [2.75, 3.05) is 51.2 Å². The number of amides is 3. The number of rotatable bonds is 10. The Morgan fingerprint density at radius 1 is 1.11 bits per heavy atom. The molecule has 2 aromatic heterocycles. The van der Waals surface area contributed by atoms with Crippen molar-refractivity contribution in [3.63, 3.8) is 0 Å². The molecule has 6 rings (SSSR count). The number of halogens is 2. The first-order valence-electron chi connectivity index (χ1n) is 15.8. The van der Waals surface area contributed by atoms with Gasteiger partial charge in [0.2, 0.25) is 0 Å². The molecule has 4 aromatic rings. The quantitative estimate of drug-likeness (QED) is 0.189. The Kier molecular flexibility index (Phi) is 9.66. The van der Waals surface area contributed by atoms with Crippen molar-refractivity contribution >= 4 is 28.7 Å². The van der Waals surface area contributed by atoms with Crippen LogP contribution >= 0.6 is 0 Å². The number of hydrogen-bond acceptors (Lipinski definition) is 7. The number of aliphatic hydroxyl groups is 1.